The number of fused-ring (bicyclic) bond motifs is 2. The lowest BCUT2D eigenvalue weighted by Gasteiger charge is -2.33. The molecule has 502 valence electrons. The molecule has 0 saturated carbocycles. The zero-order chi connectivity index (χ0) is 76.1. The summed E-state index contributed by atoms with van der Waals surface area (Å²) in [5.41, 5.74) is 3.86. The quantitative estimate of drug-likeness (QED) is 0.0295. The Kier molecular flexibility index (Phi) is 20.5. The Morgan fingerprint density at radius 3 is 1.28 bits per heavy atom. The molecule has 95 heavy (non-hydrogen) atoms. The molecule has 0 aliphatic heterocycles. The summed E-state index contributed by atoms with van der Waals surface area (Å²) in [7, 11) is 0. The molecule has 0 radical (unpaired) electrons. The smallest absolute Gasteiger partial charge is 0.336 e. The average molecular weight is 1360 g/mol. The van der Waals surface area contributed by atoms with Gasteiger partial charge in [0.25, 0.3) is 11.1 Å². The van der Waals surface area contributed by atoms with Crippen molar-refractivity contribution in [3.63, 3.8) is 0 Å². The topological polar surface area (TPSA) is 117 Å². The number of rotatable bonds is 26. The minimum Gasteiger partial charge on any atom is -0.336 e. The first-order valence-corrected chi connectivity index (χ1v) is 33.0. The Balaban J connectivity index is 0.000000241. The van der Waals surface area contributed by atoms with E-state index in [2.05, 4.69) is 9.97 Å². The van der Waals surface area contributed by atoms with Crippen molar-refractivity contribution in [2.75, 3.05) is 52.2 Å². The zero-order valence-electron chi connectivity index (χ0n) is 62.0. The summed E-state index contributed by atoms with van der Waals surface area (Å²) >= 11 is 2.33. The van der Waals surface area contributed by atoms with Gasteiger partial charge >= 0.3 is 12.4 Å². The van der Waals surface area contributed by atoms with Crippen LogP contribution in [0.4, 0.5) is 35.1 Å². The van der Waals surface area contributed by atoms with Crippen LogP contribution >= 0.6 is 23.5 Å². The van der Waals surface area contributed by atoms with Gasteiger partial charge in [0.1, 0.15) is 24.7 Å². The molecule has 2 aromatic heterocycles. The SMILES string of the molecule is [2H]C(C)(c1ccc(-c2ccc(C(F)(F)F)cc2)cc1)N(C(=O)Cn1c(SCc2ccc(F)cc2)nc(=O)c2c1CCC2)C([2H])([2H])C([2H])([2H])N(CC)CC.[2H]C([2H])(N(CC)CC)C([2H])([2H])N(Cc1ccc(-c2ccc(C(F)(F)F)cc2)cc1)C(=O)Cn1c(SCc2ccc(F)cc2)nc(=O)c2c1CCC2. The maximum atomic E-state index is 14.7. The molecule has 0 fully saturated rings. The number of alkyl halides is 6. The summed E-state index contributed by atoms with van der Waals surface area (Å²) in [6, 6.07) is 31.2. The van der Waals surface area contributed by atoms with Crippen molar-refractivity contribution in [3.05, 3.63) is 234 Å². The number of likely N-dealkylation sites (N-methyl/N-ethyl adjacent to an activating group) is 2. The Morgan fingerprint density at radius 1 is 0.516 bits per heavy atom. The van der Waals surface area contributed by atoms with Crippen molar-refractivity contribution >= 4 is 35.3 Å². The lowest BCUT2D eigenvalue weighted by molar-refractivity contribution is -0.138. The lowest BCUT2D eigenvalue weighted by Crippen LogP contribution is -2.42. The standard InChI is InChI=1S/C37H40F4N4O2S.C36H38F4N4O2S/c1-4-43(5-2)21-22-44(25(3)27-11-13-28(14-12-27)29-15-17-30(18-16-29)37(39,40)41)34(46)23-45-33-8-6-7-32(33)35(47)42-36(45)48-24-26-9-19-31(38)20-10-26;1-3-42(4-2)20-21-43(22-25-8-12-27(13-9-25)28-14-16-29(17-15-28)36(38,39)40)33(45)23-44-32-7-5-6-31(32)34(46)41-35(44)47-24-26-10-18-30(37)19-11-26/h9-20,25H,4-8,21-24H2,1-3H3;8-19H,3-7,20-24H2,1-2H3/i21D2,22D2,25D;20D2,21D2. The van der Waals surface area contributed by atoms with Gasteiger partial charge in [0.15, 0.2) is 10.3 Å². The molecule has 2 aliphatic rings. The molecule has 2 aliphatic carbocycles. The van der Waals surface area contributed by atoms with Crippen LogP contribution in [-0.4, -0.2) is 103 Å². The number of carbonyl (C=O) groups is 2. The molecule has 0 saturated heterocycles. The van der Waals surface area contributed by atoms with Crippen molar-refractivity contribution in [2.24, 2.45) is 0 Å². The van der Waals surface area contributed by atoms with E-state index in [-0.39, 0.29) is 54.4 Å². The van der Waals surface area contributed by atoms with Gasteiger partial charge in [-0.05, 0) is 165 Å². The number of thioether (sulfide) groups is 2. The summed E-state index contributed by atoms with van der Waals surface area (Å²) in [5.74, 6) is -1.90. The van der Waals surface area contributed by atoms with Gasteiger partial charge in [-0.25, -0.2) is 8.78 Å². The van der Waals surface area contributed by atoms with Crippen LogP contribution in [0.15, 0.2) is 165 Å². The van der Waals surface area contributed by atoms with Crippen LogP contribution in [0, 0.1) is 11.6 Å². The van der Waals surface area contributed by atoms with Gasteiger partial charge in [0.05, 0.1) is 24.0 Å². The molecule has 2 amide bonds. The van der Waals surface area contributed by atoms with E-state index < -0.39 is 103 Å². The number of carbonyl (C=O) groups excluding carboxylic acids is 2. The molecule has 0 N–H and O–H groups in total. The van der Waals surface area contributed by atoms with E-state index in [9.17, 15) is 58.4 Å². The van der Waals surface area contributed by atoms with E-state index in [0.29, 0.717) is 99.5 Å². The Morgan fingerprint density at radius 2 is 0.884 bits per heavy atom. The van der Waals surface area contributed by atoms with Crippen LogP contribution in [-0.2, 0) is 78.8 Å². The fourth-order valence-electron chi connectivity index (χ4n) is 10.9. The third-order valence-corrected chi connectivity index (χ3v) is 18.4. The van der Waals surface area contributed by atoms with Crippen molar-refractivity contribution in [3.8, 4) is 22.3 Å². The zero-order valence-corrected chi connectivity index (χ0v) is 54.6. The number of hydrogen-bond donors (Lipinski definition) is 0. The van der Waals surface area contributed by atoms with Gasteiger partial charge in [-0.15, -0.1) is 0 Å². The molecule has 1 atom stereocenters. The first-order valence-electron chi connectivity index (χ1n) is 35.6. The van der Waals surface area contributed by atoms with Crippen molar-refractivity contribution in [1.82, 2.24) is 38.7 Å². The van der Waals surface area contributed by atoms with Gasteiger partial charge in [-0.2, -0.15) is 36.3 Å². The summed E-state index contributed by atoms with van der Waals surface area (Å²) in [5, 5.41) is 0.416. The van der Waals surface area contributed by atoms with E-state index in [1.54, 1.807) is 97.5 Å². The first kappa shape index (κ1) is 59.6. The van der Waals surface area contributed by atoms with Crippen molar-refractivity contribution in [2.45, 2.75) is 133 Å². The monoisotopic (exact) mass is 1360 g/mol. The fourth-order valence-corrected chi connectivity index (χ4v) is 12.8. The second kappa shape index (κ2) is 32.7. The number of hydrogen-bond acceptors (Lipinski definition) is 10. The number of benzene rings is 6. The summed E-state index contributed by atoms with van der Waals surface area (Å²) in [6.07, 6.45) is -5.80. The average Bonchev–Trinajstić information content (AvgIpc) is 1.02. The molecule has 1 unspecified atom stereocenters. The maximum absolute atomic E-state index is 14.7. The van der Waals surface area contributed by atoms with E-state index in [0.717, 1.165) is 52.1 Å². The highest BCUT2D eigenvalue weighted by atomic mass is 32.2. The van der Waals surface area contributed by atoms with Crippen molar-refractivity contribution in [1.29, 1.82) is 0 Å². The van der Waals surface area contributed by atoms with Crippen LogP contribution in [0.2, 0.25) is 0 Å². The number of amides is 2. The van der Waals surface area contributed by atoms with Gasteiger partial charge in [-0.1, -0.05) is 148 Å². The summed E-state index contributed by atoms with van der Waals surface area (Å²) in [6.45, 7) is -4.11. The summed E-state index contributed by atoms with van der Waals surface area (Å²) in [4.78, 5) is 67.6. The summed E-state index contributed by atoms with van der Waals surface area (Å²) < 4.78 is 191. The largest absolute Gasteiger partial charge is 0.416 e. The molecule has 0 spiro atoms. The second-order valence-corrected chi connectivity index (χ2v) is 24.4. The molecular formula is C73H78F8N8O4S2. The number of nitrogens with zero attached hydrogens (tertiary/aromatic N) is 8. The molecule has 12 nitrogen and oxygen atoms in total. The molecule has 22 heteroatoms. The number of aromatic nitrogens is 4. The third-order valence-electron chi connectivity index (χ3n) is 16.3. The van der Waals surface area contributed by atoms with Gasteiger partial charge in [0.2, 0.25) is 11.8 Å². The van der Waals surface area contributed by atoms with Gasteiger partial charge in [0, 0.05) is 72.0 Å². The molecule has 6 aromatic carbocycles. The van der Waals surface area contributed by atoms with Crippen LogP contribution in [0.25, 0.3) is 22.3 Å². The van der Waals surface area contributed by atoms with E-state index >= 15 is 0 Å². The normalized spacial score (nSPS) is 15.5. The molecule has 8 aromatic rings. The lowest BCUT2D eigenvalue weighted by atomic mass is 9.99. The Hall–Kier alpha value is -7.92. The van der Waals surface area contributed by atoms with Gasteiger partial charge < -0.3 is 28.7 Å². The predicted octanol–water partition coefficient (Wildman–Crippen LogP) is 15.0. The molecular weight excluding hydrogens is 1270 g/mol. The Bertz CT molecular complexity index is 4450. The second-order valence-electron chi connectivity index (χ2n) is 22.5. The maximum Gasteiger partial charge on any atom is 0.416 e. The third kappa shape index (κ3) is 18.8. The minimum absolute atomic E-state index is 0.100. The first-order chi connectivity index (χ1) is 48.9. The highest BCUT2D eigenvalue weighted by Crippen LogP contribution is 2.35. The van der Waals surface area contributed by atoms with E-state index in [4.69, 9.17) is 8.22 Å². The predicted molar refractivity (Wildman–Crippen MR) is 358 cm³/mol. The van der Waals surface area contributed by atoms with Crippen molar-refractivity contribution < 1.29 is 57.0 Å². The minimum atomic E-state index is -4.51. The molecule has 2 heterocycles. The molecule has 0 bridgehead atoms. The fraction of sp³-hybridized carbons (Fsp3) is 0.370. The van der Waals surface area contributed by atoms with Gasteiger partial charge in [-0.3, -0.25) is 19.2 Å². The van der Waals surface area contributed by atoms with Crippen LogP contribution in [0.1, 0.15) is 122 Å². The van der Waals surface area contributed by atoms with Crippen LogP contribution in [0.5, 0.6) is 0 Å². The highest BCUT2D eigenvalue weighted by molar-refractivity contribution is 7.98. The highest BCUT2D eigenvalue weighted by Gasteiger charge is 2.32. The van der Waals surface area contributed by atoms with Crippen LogP contribution in [0.3, 0.4) is 0 Å². The molecule has 10 rings (SSSR count). The van der Waals surface area contributed by atoms with E-state index in [1.807, 2.05) is 0 Å². The Labute approximate surface area is 570 Å². The van der Waals surface area contributed by atoms with E-state index in [1.165, 1.54) is 89.1 Å². The van der Waals surface area contributed by atoms with Crippen LogP contribution < -0.4 is 11.1 Å². The number of halogens is 8.